The predicted octanol–water partition coefficient (Wildman–Crippen LogP) is 0.248. The van der Waals surface area contributed by atoms with E-state index in [4.69, 9.17) is 9.47 Å². The van der Waals surface area contributed by atoms with Crippen molar-refractivity contribution < 1.29 is 14.3 Å². The minimum absolute atomic E-state index is 0.170. The van der Waals surface area contributed by atoms with Crippen LogP contribution in [0.2, 0.25) is 0 Å². The standard InChI is InChI=1S/C12H24N2O3/c1-10(2)14-7-5-12(9-14,11(15)17-4)13-6-8-16-3/h10,13H,5-9H2,1-4H3. The van der Waals surface area contributed by atoms with E-state index in [0.29, 0.717) is 25.7 Å². The number of hydrogen-bond acceptors (Lipinski definition) is 5. The van der Waals surface area contributed by atoms with E-state index in [9.17, 15) is 4.79 Å². The summed E-state index contributed by atoms with van der Waals surface area (Å²) in [5.41, 5.74) is -0.558. The highest BCUT2D eigenvalue weighted by Crippen LogP contribution is 2.24. The number of methoxy groups -OCH3 is 2. The van der Waals surface area contributed by atoms with Gasteiger partial charge in [0.2, 0.25) is 0 Å². The summed E-state index contributed by atoms with van der Waals surface area (Å²) in [4.78, 5) is 14.2. The lowest BCUT2D eigenvalue weighted by Gasteiger charge is -2.29. The van der Waals surface area contributed by atoms with Crippen molar-refractivity contribution in [2.24, 2.45) is 0 Å². The predicted molar refractivity (Wildman–Crippen MR) is 66.0 cm³/mol. The Balaban J connectivity index is 2.65. The molecule has 1 N–H and O–H groups in total. The molecule has 0 radical (unpaired) electrons. The fourth-order valence-electron chi connectivity index (χ4n) is 2.25. The number of nitrogens with zero attached hydrogens (tertiary/aromatic N) is 1. The van der Waals surface area contributed by atoms with E-state index in [1.807, 2.05) is 0 Å². The van der Waals surface area contributed by atoms with E-state index in [0.717, 1.165) is 13.0 Å². The molecule has 1 unspecified atom stereocenters. The first-order chi connectivity index (χ1) is 8.05. The molecule has 1 aliphatic rings. The van der Waals surface area contributed by atoms with E-state index in [1.54, 1.807) is 7.11 Å². The van der Waals surface area contributed by atoms with E-state index in [2.05, 4.69) is 24.1 Å². The van der Waals surface area contributed by atoms with Gasteiger partial charge in [-0.05, 0) is 20.3 Å². The van der Waals surface area contributed by atoms with Crippen LogP contribution in [0.5, 0.6) is 0 Å². The fourth-order valence-corrected chi connectivity index (χ4v) is 2.25. The van der Waals surface area contributed by atoms with E-state index in [-0.39, 0.29) is 5.97 Å². The van der Waals surface area contributed by atoms with Crippen molar-refractivity contribution >= 4 is 5.97 Å². The van der Waals surface area contributed by atoms with Gasteiger partial charge >= 0.3 is 5.97 Å². The Hall–Kier alpha value is -0.650. The molecule has 0 aromatic rings. The summed E-state index contributed by atoms with van der Waals surface area (Å²) in [6.07, 6.45) is 0.793. The minimum Gasteiger partial charge on any atom is -0.468 e. The number of esters is 1. The quantitative estimate of drug-likeness (QED) is 0.536. The number of carbonyl (C=O) groups excluding carboxylic acids is 1. The molecule has 5 heteroatoms. The Morgan fingerprint density at radius 1 is 1.47 bits per heavy atom. The smallest absolute Gasteiger partial charge is 0.327 e. The molecule has 1 rings (SSSR count). The highest BCUT2D eigenvalue weighted by Gasteiger charge is 2.45. The molecule has 0 spiro atoms. The highest BCUT2D eigenvalue weighted by molar-refractivity contribution is 5.81. The maximum absolute atomic E-state index is 11.9. The molecule has 0 bridgehead atoms. The number of nitrogens with one attached hydrogen (secondary N) is 1. The Labute approximate surface area is 103 Å². The van der Waals surface area contributed by atoms with Gasteiger partial charge in [0, 0.05) is 32.8 Å². The second-order valence-electron chi connectivity index (χ2n) is 4.81. The lowest BCUT2D eigenvalue weighted by atomic mass is 9.99. The van der Waals surface area contributed by atoms with Gasteiger partial charge in [-0.25, -0.2) is 0 Å². The fraction of sp³-hybridized carbons (Fsp3) is 0.917. The zero-order valence-electron chi connectivity index (χ0n) is 11.3. The van der Waals surface area contributed by atoms with Crippen LogP contribution in [0.15, 0.2) is 0 Å². The molecule has 17 heavy (non-hydrogen) atoms. The van der Waals surface area contributed by atoms with Gasteiger partial charge in [-0.1, -0.05) is 0 Å². The van der Waals surface area contributed by atoms with Crippen molar-refractivity contribution in [3.8, 4) is 0 Å². The second-order valence-corrected chi connectivity index (χ2v) is 4.81. The van der Waals surface area contributed by atoms with Crippen molar-refractivity contribution in [3.05, 3.63) is 0 Å². The Morgan fingerprint density at radius 3 is 2.65 bits per heavy atom. The van der Waals surface area contributed by atoms with Gasteiger partial charge in [0.1, 0.15) is 5.54 Å². The summed E-state index contributed by atoms with van der Waals surface area (Å²) in [5, 5.41) is 3.29. The first-order valence-corrected chi connectivity index (χ1v) is 6.12. The third kappa shape index (κ3) is 3.40. The van der Waals surface area contributed by atoms with Crippen LogP contribution in [-0.4, -0.2) is 62.9 Å². The van der Waals surface area contributed by atoms with Crippen molar-refractivity contribution in [2.45, 2.75) is 31.8 Å². The van der Waals surface area contributed by atoms with Gasteiger partial charge in [-0.15, -0.1) is 0 Å². The molecule has 0 saturated carbocycles. The average molecular weight is 244 g/mol. The maximum Gasteiger partial charge on any atom is 0.327 e. The van der Waals surface area contributed by atoms with Crippen molar-refractivity contribution in [2.75, 3.05) is 40.5 Å². The number of hydrogen-bond donors (Lipinski definition) is 1. The van der Waals surface area contributed by atoms with Crippen molar-refractivity contribution in [3.63, 3.8) is 0 Å². The Kier molecular flexibility index (Phi) is 5.36. The first kappa shape index (κ1) is 14.4. The summed E-state index contributed by atoms with van der Waals surface area (Å²) in [6.45, 7) is 7.18. The summed E-state index contributed by atoms with van der Waals surface area (Å²) >= 11 is 0. The largest absolute Gasteiger partial charge is 0.468 e. The number of ether oxygens (including phenoxy) is 2. The molecular weight excluding hydrogens is 220 g/mol. The van der Waals surface area contributed by atoms with E-state index in [1.165, 1.54) is 7.11 Å². The van der Waals surface area contributed by atoms with Crippen LogP contribution < -0.4 is 5.32 Å². The lowest BCUT2D eigenvalue weighted by Crippen LogP contribution is -2.55. The van der Waals surface area contributed by atoms with E-state index < -0.39 is 5.54 Å². The Morgan fingerprint density at radius 2 is 2.18 bits per heavy atom. The Bertz CT molecular complexity index is 258. The molecule has 1 atom stereocenters. The molecule has 1 saturated heterocycles. The summed E-state index contributed by atoms with van der Waals surface area (Å²) < 4.78 is 9.93. The van der Waals surface area contributed by atoms with Crippen LogP contribution in [0.4, 0.5) is 0 Å². The molecule has 1 fully saturated rings. The van der Waals surface area contributed by atoms with Crippen LogP contribution in [0.3, 0.4) is 0 Å². The number of likely N-dealkylation sites (tertiary alicyclic amines) is 1. The lowest BCUT2D eigenvalue weighted by molar-refractivity contribution is -0.148. The van der Waals surface area contributed by atoms with E-state index >= 15 is 0 Å². The van der Waals surface area contributed by atoms with Crippen LogP contribution in [-0.2, 0) is 14.3 Å². The monoisotopic (exact) mass is 244 g/mol. The SMILES string of the molecule is COCCNC1(C(=O)OC)CCN(C(C)C)C1. The normalized spacial score (nSPS) is 25.5. The average Bonchev–Trinajstić information content (AvgIpc) is 2.74. The molecule has 0 amide bonds. The third-order valence-corrected chi connectivity index (χ3v) is 3.37. The highest BCUT2D eigenvalue weighted by atomic mass is 16.5. The van der Waals surface area contributed by atoms with Crippen LogP contribution in [0.25, 0.3) is 0 Å². The molecule has 1 aliphatic heterocycles. The van der Waals surface area contributed by atoms with Gasteiger partial charge in [0.05, 0.1) is 13.7 Å². The van der Waals surface area contributed by atoms with Crippen LogP contribution >= 0.6 is 0 Å². The van der Waals surface area contributed by atoms with Crippen molar-refractivity contribution in [1.82, 2.24) is 10.2 Å². The number of carbonyl (C=O) groups is 1. The molecule has 0 aromatic carbocycles. The van der Waals surface area contributed by atoms with Gasteiger partial charge in [-0.2, -0.15) is 0 Å². The minimum atomic E-state index is -0.558. The zero-order valence-corrected chi connectivity index (χ0v) is 11.3. The second kappa shape index (κ2) is 6.33. The van der Waals surface area contributed by atoms with Crippen LogP contribution in [0, 0.1) is 0 Å². The molecular formula is C12H24N2O3. The topological polar surface area (TPSA) is 50.8 Å². The van der Waals surface area contributed by atoms with Gasteiger partial charge in [-0.3, -0.25) is 15.0 Å². The third-order valence-electron chi connectivity index (χ3n) is 3.37. The first-order valence-electron chi connectivity index (χ1n) is 6.12. The molecule has 0 aliphatic carbocycles. The molecule has 1 heterocycles. The van der Waals surface area contributed by atoms with Gasteiger partial charge in [0.25, 0.3) is 0 Å². The summed E-state index contributed by atoms with van der Waals surface area (Å²) in [6, 6.07) is 0.450. The van der Waals surface area contributed by atoms with Crippen molar-refractivity contribution in [1.29, 1.82) is 0 Å². The molecule has 0 aromatic heterocycles. The van der Waals surface area contributed by atoms with Crippen LogP contribution in [0.1, 0.15) is 20.3 Å². The van der Waals surface area contributed by atoms with Gasteiger partial charge in [0.15, 0.2) is 0 Å². The summed E-state index contributed by atoms with van der Waals surface area (Å²) in [5.74, 6) is -0.170. The zero-order chi connectivity index (χ0) is 12.9. The maximum atomic E-state index is 11.9. The molecule has 5 nitrogen and oxygen atoms in total. The van der Waals surface area contributed by atoms with Gasteiger partial charge < -0.3 is 9.47 Å². The molecule has 100 valence electrons. The summed E-state index contributed by atoms with van der Waals surface area (Å²) in [7, 11) is 3.10. The number of rotatable bonds is 6.